The van der Waals surface area contributed by atoms with Gasteiger partial charge in [-0.25, -0.2) is 0 Å². The Hall–Kier alpha value is -2.01. The van der Waals surface area contributed by atoms with Gasteiger partial charge in [-0.2, -0.15) is 4.99 Å². The molecule has 1 aromatic carbocycles. The van der Waals surface area contributed by atoms with Gasteiger partial charge in [-0.1, -0.05) is 37.3 Å². The first-order valence-corrected chi connectivity index (χ1v) is 5.90. The molecular formula is C13H15N3O2. The van der Waals surface area contributed by atoms with Gasteiger partial charge in [0.25, 0.3) is 5.91 Å². The van der Waals surface area contributed by atoms with Gasteiger partial charge in [0.15, 0.2) is 0 Å². The van der Waals surface area contributed by atoms with Crippen molar-refractivity contribution in [1.82, 2.24) is 10.6 Å². The van der Waals surface area contributed by atoms with Crippen molar-refractivity contribution in [2.24, 2.45) is 4.99 Å². The van der Waals surface area contributed by atoms with E-state index in [1.165, 1.54) is 0 Å². The van der Waals surface area contributed by atoms with Crippen LogP contribution in [0.2, 0.25) is 0 Å². The molecule has 2 N–H and O–H groups in total. The maximum atomic E-state index is 11.9. The van der Waals surface area contributed by atoms with Crippen molar-refractivity contribution in [2.45, 2.75) is 12.8 Å². The second kappa shape index (κ2) is 5.55. The molecule has 5 nitrogen and oxygen atoms in total. The summed E-state index contributed by atoms with van der Waals surface area (Å²) < 4.78 is 0. The molecule has 1 unspecified atom stereocenters. The van der Waals surface area contributed by atoms with Crippen molar-refractivity contribution in [1.29, 1.82) is 0 Å². The van der Waals surface area contributed by atoms with Gasteiger partial charge in [0.05, 0.1) is 6.54 Å². The van der Waals surface area contributed by atoms with Crippen molar-refractivity contribution >= 4 is 17.6 Å². The van der Waals surface area contributed by atoms with Crippen LogP contribution in [0.25, 0.3) is 0 Å². The minimum Gasteiger partial charge on any atom is -0.312 e. The number of carbonyl (C=O) groups excluding carboxylic acids is 2. The normalized spacial score (nSPS) is 19.4. The molecule has 94 valence electrons. The van der Waals surface area contributed by atoms with Crippen LogP contribution in [0.4, 0.5) is 0 Å². The minimum atomic E-state index is -0.823. The number of benzene rings is 1. The van der Waals surface area contributed by atoms with Crippen LogP contribution in [0.1, 0.15) is 18.4 Å². The summed E-state index contributed by atoms with van der Waals surface area (Å²) in [4.78, 5) is 27.8. The van der Waals surface area contributed by atoms with Gasteiger partial charge in [-0.15, -0.1) is 0 Å². The number of hydrogen-bond acceptors (Lipinski definition) is 3. The van der Waals surface area contributed by atoms with E-state index in [1.807, 2.05) is 13.0 Å². The van der Waals surface area contributed by atoms with Crippen molar-refractivity contribution in [3.63, 3.8) is 0 Å². The Morgan fingerprint density at radius 2 is 2.00 bits per heavy atom. The lowest BCUT2D eigenvalue weighted by Crippen LogP contribution is -2.46. The zero-order valence-electron chi connectivity index (χ0n) is 10.1. The highest BCUT2D eigenvalue weighted by Crippen LogP contribution is 2.19. The van der Waals surface area contributed by atoms with Crippen LogP contribution in [0, 0.1) is 0 Å². The number of nitrogens with one attached hydrogen (secondary N) is 2. The summed E-state index contributed by atoms with van der Waals surface area (Å²) >= 11 is 0. The number of carbonyl (C=O) groups is 2. The molecule has 18 heavy (non-hydrogen) atoms. The quantitative estimate of drug-likeness (QED) is 0.756. The highest BCUT2D eigenvalue weighted by atomic mass is 16.2. The number of hydrogen-bond donors (Lipinski definition) is 2. The van der Waals surface area contributed by atoms with E-state index in [2.05, 4.69) is 15.6 Å². The van der Waals surface area contributed by atoms with E-state index in [-0.39, 0.29) is 5.91 Å². The standard InChI is InChI=1S/C13H15N3O2/c1-2-14-8-10-15-12(17)11(13(18)16-10)9-6-4-3-5-7-9/h3-7,11,14H,2,8H2,1H3,(H,15,16,17,18). The summed E-state index contributed by atoms with van der Waals surface area (Å²) in [6.07, 6.45) is 0. The van der Waals surface area contributed by atoms with Crippen LogP contribution in [0.15, 0.2) is 35.3 Å². The molecule has 5 heteroatoms. The third-order valence-electron chi connectivity index (χ3n) is 2.70. The Morgan fingerprint density at radius 1 is 1.28 bits per heavy atom. The smallest absolute Gasteiger partial charge is 0.264 e. The molecule has 1 heterocycles. The second-order valence-electron chi connectivity index (χ2n) is 4.01. The molecule has 0 saturated heterocycles. The van der Waals surface area contributed by atoms with Crippen molar-refractivity contribution < 1.29 is 9.59 Å². The first kappa shape index (κ1) is 12.4. The molecule has 0 bridgehead atoms. The van der Waals surface area contributed by atoms with E-state index in [1.54, 1.807) is 24.3 Å². The van der Waals surface area contributed by atoms with E-state index in [4.69, 9.17) is 0 Å². The lowest BCUT2D eigenvalue weighted by Gasteiger charge is -2.20. The number of rotatable bonds is 4. The van der Waals surface area contributed by atoms with Crippen LogP contribution in [0.5, 0.6) is 0 Å². The molecule has 1 atom stereocenters. The predicted octanol–water partition coefficient (Wildman–Crippen LogP) is 0.435. The highest BCUT2D eigenvalue weighted by Gasteiger charge is 2.32. The SMILES string of the molecule is CCNCC1=NC(=O)C(c2ccccc2)C(=O)N1. The molecule has 2 amide bonds. The summed E-state index contributed by atoms with van der Waals surface area (Å²) in [6, 6.07) is 8.95. The summed E-state index contributed by atoms with van der Waals surface area (Å²) in [6.45, 7) is 3.10. The monoisotopic (exact) mass is 245 g/mol. The molecule has 0 spiro atoms. The second-order valence-corrected chi connectivity index (χ2v) is 4.01. The van der Waals surface area contributed by atoms with Crippen molar-refractivity contribution in [3.8, 4) is 0 Å². The van der Waals surface area contributed by atoms with E-state index in [0.29, 0.717) is 17.9 Å². The topological polar surface area (TPSA) is 70.6 Å². The molecule has 1 aliphatic rings. The molecule has 2 rings (SSSR count). The van der Waals surface area contributed by atoms with E-state index >= 15 is 0 Å². The fraction of sp³-hybridized carbons (Fsp3) is 0.308. The Morgan fingerprint density at radius 3 is 2.61 bits per heavy atom. The predicted molar refractivity (Wildman–Crippen MR) is 68.3 cm³/mol. The van der Waals surface area contributed by atoms with E-state index in [9.17, 15) is 9.59 Å². The third-order valence-corrected chi connectivity index (χ3v) is 2.70. The third kappa shape index (κ3) is 2.62. The zero-order chi connectivity index (χ0) is 13.0. The largest absolute Gasteiger partial charge is 0.312 e. The van der Waals surface area contributed by atoms with Gasteiger partial charge in [-0.3, -0.25) is 9.59 Å². The number of likely N-dealkylation sites (N-methyl/N-ethyl adjacent to an activating group) is 1. The zero-order valence-corrected chi connectivity index (χ0v) is 10.1. The molecule has 0 aromatic heterocycles. The summed E-state index contributed by atoms with van der Waals surface area (Å²) in [5, 5.41) is 5.67. The van der Waals surface area contributed by atoms with Gasteiger partial charge in [0, 0.05) is 0 Å². The fourth-order valence-corrected chi connectivity index (χ4v) is 1.82. The average Bonchev–Trinajstić information content (AvgIpc) is 2.37. The van der Waals surface area contributed by atoms with Crippen LogP contribution in [0.3, 0.4) is 0 Å². The molecular weight excluding hydrogens is 230 g/mol. The lowest BCUT2D eigenvalue weighted by atomic mass is 9.96. The number of nitrogens with zero attached hydrogens (tertiary/aromatic N) is 1. The maximum Gasteiger partial charge on any atom is 0.264 e. The minimum absolute atomic E-state index is 0.311. The first-order valence-electron chi connectivity index (χ1n) is 5.90. The molecule has 0 saturated carbocycles. The van der Waals surface area contributed by atoms with E-state index in [0.717, 1.165) is 6.54 Å². The van der Waals surface area contributed by atoms with Gasteiger partial charge in [0.1, 0.15) is 11.8 Å². The highest BCUT2D eigenvalue weighted by molar-refractivity contribution is 6.19. The summed E-state index contributed by atoms with van der Waals surface area (Å²) in [5.74, 6) is -1.15. The first-order chi connectivity index (χ1) is 8.72. The van der Waals surface area contributed by atoms with Crippen molar-refractivity contribution in [3.05, 3.63) is 35.9 Å². The maximum absolute atomic E-state index is 11.9. The molecule has 1 aromatic rings. The number of amidine groups is 1. The summed E-state index contributed by atoms with van der Waals surface area (Å²) in [7, 11) is 0. The molecule has 0 aliphatic carbocycles. The Balaban J connectivity index is 2.19. The molecule has 0 radical (unpaired) electrons. The van der Waals surface area contributed by atoms with Gasteiger partial charge in [-0.05, 0) is 12.1 Å². The van der Waals surface area contributed by atoms with Crippen LogP contribution in [-0.4, -0.2) is 30.7 Å². The van der Waals surface area contributed by atoms with Crippen LogP contribution in [-0.2, 0) is 9.59 Å². The Bertz CT molecular complexity index is 482. The molecule has 1 aliphatic heterocycles. The fourth-order valence-electron chi connectivity index (χ4n) is 1.82. The lowest BCUT2D eigenvalue weighted by molar-refractivity contribution is -0.129. The van der Waals surface area contributed by atoms with Crippen LogP contribution < -0.4 is 10.6 Å². The average molecular weight is 245 g/mol. The van der Waals surface area contributed by atoms with E-state index < -0.39 is 11.8 Å². The van der Waals surface area contributed by atoms with Gasteiger partial charge in [0.2, 0.25) is 5.91 Å². The van der Waals surface area contributed by atoms with Gasteiger partial charge >= 0.3 is 0 Å². The van der Waals surface area contributed by atoms with Crippen LogP contribution >= 0.6 is 0 Å². The Labute approximate surface area is 105 Å². The number of amides is 2. The Kier molecular flexibility index (Phi) is 3.84. The van der Waals surface area contributed by atoms with Gasteiger partial charge < -0.3 is 10.6 Å². The molecule has 0 fully saturated rings. The summed E-state index contributed by atoms with van der Waals surface area (Å²) in [5.41, 5.74) is 0.672. The number of aliphatic imine (C=N–C) groups is 1. The van der Waals surface area contributed by atoms with Crippen molar-refractivity contribution in [2.75, 3.05) is 13.1 Å².